The molecule has 1 atom stereocenters. The van der Waals surface area contributed by atoms with Crippen molar-refractivity contribution in [3.63, 3.8) is 0 Å². The van der Waals surface area contributed by atoms with E-state index in [0.29, 0.717) is 12.0 Å². The Hall–Kier alpha value is -1.89. The van der Waals surface area contributed by atoms with Crippen molar-refractivity contribution in [1.29, 1.82) is 0 Å². The highest BCUT2D eigenvalue weighted by Crippen LogP contribution is 2.10. The summed E-state index contributed by atoms with van der Waals surface area (Å²) in [5, 5.41) is 5.10. The number of rotatable bonds is 4. The Labute approximate surface area is 117 Å². The fraction of sp³-hybridized carbons (Fsp3) is 0.385. The van der Waals surface area contributed by atoms with Gasteiger partial charge in [0.05, 0.1) is 18.1 Å². The molecule has 1 aliphatic rings. The molecule has 1 aromatic carbocycles. The number of carbonyl (C=O) groups is 2. The van der Waals surface area contributed by atoms with Gasteiger partial charge in [0, 0.05) is 11.6 Å². The van der Waals surface area contributed by atoms with Gasteiger partial charge in [-0.3, -0.25) is 9.59 Å². The third-order valence-electron chi connectivity index (χ3n) is 3.04. The average Bonchev–Trinajstić information content (AvgIpc) is 2.76. The maximum Gasteiger partial charge on any atom is 0.251 e. The van der Waals surface area contributed by atoms with Gasteiger partial charge in [-0.25, -0.2) is 8.42 Å². The molecule has 0 radical (unpaired) electrons. The Morgan fingerprint density at radius 1 is 1.20 bits per heavy atom. The van der Waals surface area contributed by atoms with Crippen LogP contribution in [0.15, 0.2) is 30.3 Å². The maximum atomic E-state index is 11.7. The lowest BCUT2D eigenvalue weighted by molar-refractivity contribution is -0.120. The van der Waals surface area contributed by atoms with Crippen molar-refractivity contribution < 1.29 is 18.0 Å². The van der Waals surface area contributed by atoms with Gasteiger partial charge in [0.15, 0.2) is 9.84 Å². The van der Waals surface area contributed by atoms with Gasteiger partial charge in [0.1, 0.15) is 0 Å². The molecule has 2 N–H and O–H groups in total. The lowest BCUT2D eigenvalue weighted by Gasteiger charge is -2.11. The van der Waals surface area contributed by atoms with Crippen molar-refractivity contribution in [2.24, 2.45) is 0 Å². The Balaban J connectivity index is 1.77. The van der Waals surface area contributed by atoms with E-state index in [-0.39, 0.29) is 35.9 Å². The first-order chi connectivity index (χ1) is 9.46. The van der Waals surface area contributed by atoms with Gasteiger partial charge in [-0.1, -0.05) is 18.2 Å². The van der Waals surface area contributed by atoms with Crippen LogP contribution in [0.3, 0.4) is 0 Å². The highest BCUT2D eigenvalue weighted by Gasteiger charge is 2.28. The van der Waals surface area contributed by atoms with Crippen LogP contribution in [0.4, 0.5) is 0 Å². The lowest BCUT2D eigenvalue weighted by atomic mass is 10.2. The van der Waals surface area contributed by atoms with Crippen LogP contribution < -0.4 is 10.6 Å². The summed E-state index contributed by atoms with van der Waals surface area (Å²) in [5.41, 5.74) is 0.476. The summed E-state index contributed by atoms with van der Waals surface area (Å²) >= 11 is 0. The van der Waals surface area contributed by atoms with Crippen LogP contribution in [0.1, 0.15) is 16.8 Å². The summed E-state index contributed by atoms with van der Waals surface area (Å²) < 4.78 is 22.5. The summed E-state index contributed by atoms with van der Waals surface area (Å²) in [6.45, 7) is -0.162. The minimum atomic E-state index is -3.02. The van der Waals surface area contributed by atoms with Gasteiger partial charge in [-0.2, -0.15) is 0 Å². The Morgan fingerprint density at radius 2 is 1.90 bits per heavy atom. The van der Waals surface area contributed by atoms with Crippen molar-refractivity contribution in [2.45, 2.75) is 12.5 Å². The Kier molecular flexibility index (Phi) is 4.39. The van der Waals surface area contributed by atoms with Crippen LogP contribution in [0.5, 0.6) is 0 Å². The minimum absolute atomic E-state index is 0.0224. The second kappa shape index (κ2) is 6.04. The van der Waals surface area contributed by atoms with Crippen molar-refractivity contribution in [1.82, 2.24) is 10.6 Å². The fourth-order valence-electron chi connectivity index (χ4n) is 2.04. The van der Waals surface area contributed by atoms with Crippen molar-refractivity contribution >= 4 is 21.7 Å². The first kappa shape index (κ1) is 14.5. The van der Waals surface area contributed by atoms with Crippen molar-refractivity contribution in [2.75, 3.05) is 18.1 Å². The van der Waals surface area contributed by atoms with E-state index in [1.54, 1.807) is 30.3 Å². The molecule has 0 aliphatic carbocycles. The molecule has 20 heavy (non-hydrogen) atoms. The molecule has 1 heterocycles. The summed E-state index contributed by atoms with van der Waals surface area (Å²) in [6.07, 6.45) is 0.431. The van der Waals surface area contributed by atoms with Crippen LogP contribution in [0, 0.1) is 0 Å². The van der Waals surface area contributed by atoms with E-state index in [1.165, 1.54) is 0 Å². The van der Waals surface area contributed by atoms with Crippen molar-refractivity contribution in [3.8, 4) is 0 Å². The largest absolute Gasteiger partial charge is 0.351 e. The third-order valence-corrected chi connectivity index (χ3v) is 4.81. The number of nitrogens with one attached hydrogen (secondary N) is 2. The van der Waals surface area contributed by atoms with Gasteiger partial charge >= 0.3 is 0 Å². The van der Waals surface area contributed by atoms with E-state index < -0.39 is 9.84 Å². The molecule has 1 fully saturated rings. The highest BCUT2D eigenvalue weighted by atomic mass is 32.2. The molecule has 7 heteroatoms. The predicted molar refractivity (Wildman–Crippen MR) is 74.0 cm³/mol. The molecule has 1 saturated heterocycles. The van der Waals surface area contributed by atoms with Gasteiger partial charge < -0.3 is 10.6 Å². The highest BCUT2D eigenvalue weighted by molar-refractivity contribution is 7.91. The molecular weight excluding hydrogens is 280 g/mol. The van der Waals surface area contributed by atoms with Gasteiger partial charge in [-0.15, -0.1) is 0 Å². The summed E-state index contributed by atoms with van der Waals surface area (Å²) in [4.78, 5) is 23.3. The van der Waals surface area contributed by atoms with E-state index in [0.717, 1.165) is 0 Å². The quantitative estimate of drug-likeness (QED) is 0.799. The maximum absolute atomic E-state index is 11.7. The Morgan fingerprint density at radius 3 is 2.50 bits per heavy atom. The summed E-state index contributed by atoms with van der Waals surface area (Å²) in [7, 11) is -3.02. The van der Waals surface area contributed by atoms with E-state index in [1.807, 2.05) is 0 Å². The number of hydrogen-bond acceptors (Lipinski definition) is 4. The number of carbonyl (C=O) groups excluding carboxylic acids is 2. The molecule has 0 unspecified atom stereocenters. The number of benzene rings is 1. The zero-order valence-corrected chi connectivity index (χ0v) is 11.7. The summed E-state index contributed by atoms with van der Waals surface area (Å²) in [5.74, 6) is -0.629. The smallest absolute Gasteiger partial charge is 0.251 e. The third kappa shape index (κ3) is 4.06. The van der Waals surface area contributed by atoms with Crippen LogP contribution in [-0.4, -0.2) is 44.3 Å². The van der Waals surface area contributed by atoms with Gasteiger partial charge in [0.2, 0.25) is 5.91 Å². The van der Waals surface area contributed by atoms with Crippen LogP contribution in [0.25, 0.3) is 0 Å². The molecule has 0 bridgehead atoms. The number of sulfone groups is 1. The molecule has 0 saturated carbocycles. The van der Waals surface area contributed by atoms with E-state index in [9.17, 15) is 18.0 Å². The van der Waals surface area contributed by atoms with Crippen LogP contribution in [-0.2, 0) is 14.6 Å². The van der Waals surface area contributed by atoms with Crippen LogP contribution >= 0.6 is 0 Å². The zero-order valence-electron chi connectivity index (χ0n) is 10.8. The van der Waals surface area contributed by atoms with Gasteiger partial charge in [-0.05, 0) is 18.6 Å². The SMILES string of the molecule is O=C(CNC(=O)c1ccccc1)N[C@H]1CCS(=O)(=O)C1. The van der Waals surface area contributed by atoms with Crippen molar-refractivity contribution in [3.05, 3.63) is 35.9 Å². The number of amides is 2. The normalized spacial score (nSPS) is 20.3. The number of hydrogen-bond donors (Lipinski definition) is 2. The molecule has 0 aromatic heterocycles. The molecule has 2 amide bonds. The molecule has 2 rings (SSSR count). The zero-order chi connectivity index (χ0) is 14.6. The first-order valence-corrected chi connectivity index (χ1v) is 8.11. The summed E-state index contributed by atoms with van der Waals surface area (Å²) in [6, 6.07) is 8.22. The Bertz CT molecular complexity index is 598. The monoisotopic (exact) mass is 296 g/mol. The van der Waals surface area contributed by atoms with Crippen LogP contribution in [0.2, 0.25) is 0 Å². The fourth-order valence-corrected chi connectivity index (χ4v) is 3.71. The second-order valence-electron chi connectivity index (χ2n) is 4.72. The predicted octanol–water partition coefficient (Wildman–Crippen LogP) is -0.280. The molecule has 1 aromatic rings. The van der Waals surface area contributed by atoms with Gasteiger partial charge in [0.25, 0.3) is 5.91 Å². The molecule has 108 valence electrons. The van der Waals surface area contributed by atoms with E-state index in [4.69, 9.17) is 0 Å². The van der Waals surface area contributed by atoms with E-state index >= 15 is 0 Å². The standard InChI is InChI=1S/C13H16N2O4S/c16-12(15-11-6-7-20(18,19)9-11)8-14-13(17)10-4-2-1-3-5-10/h1-5,11H,6-9H2,(H,14,17)(H,15,16)/t11-/m0/s1. The lowest BCUT2D eigenvalue weighted by Crippen LogP contribution is -2.42. The topological polar surface area (TPSA) is 92.3 Å². The second-order valence-corrected chi connectivity index (χ2v) is 6.94. The molecule has 1 aliphatic heterocycles. The minimum Gasteiger partial charge on any atom is -0.351 e. The molecule has 6 nitrogen and oxygen atoms in total. The molecule has 0 spiro atoms. The first-order valence-electron chi connectivity index (χ1n) is 6.29. The van der Waals surface area contributed by atoms with E-state index in [2.05, 4.69) is 10.6 Å². The molecular formula is C13H16N2O4S. The average molecular weight is 296 g/mol.